The molecule has 0 aliphatic carbocycles. The van der Waals surface area contributed by atoms with Crippen LogP contribution in [0.1, 0.15) is 53.4 Å². The van der Waals surface area contributed by atoms with Gasteiger partial charge in [-0.3, -0.25) is 4.79 Å². The van der Waals surface area contributed by atoms with Gasteiger partial charge >= 0.3 is 0 Å². The molecule has 0 heterocycles. The summed E-state index contributed by atoms with van der Waals surface area (Å²) in [6.45, 7) is 8.62. The average molecular weight is 214 g/mol. The fourth-order valence-corrected chi connectivity index (χ4v) is 1.56. The van der Waals surface area contributed by atoms with Gasteiger partial charge in [0.25, 0.3) is 0 Å². The minimum Gasteiger partial charge on any atom is -0.354 e. The minimum atomic E-state index is -0.321. The minimum absolute atomic E-state index is 0.164. The van der Waals surface area contributed by atoms with Crippen LogP contribution in [0.5, 0.6) is 0 Å². The van der Waals surface area contributed by atoms with Crippen LogP contribution in [0.4, 0.5) is 0 Å². The van der Waals surface area contributed by atoms with Gasteiger partial charge in [0.05, 0.1) is 0 Å². The molecule has 0 aliphatic heterocycles. The lowest BCUT2D eigenvalue weighted by molar-refractivity contribution is -0.125. The molecule has 3 nitrogen and oxygen atoms in total. The van der Waals surface area contributed by atoms with Crippen molar-refractivity contribution in [2.24, 2.45) is 11.7 Å². The Bertz CT molecular complexity index is 179. The maximum Gasteiger partial charge on any atom is 0.223 e. The first-order valence-corrected chi connectivity index (χ1v) is 5.97. The van der Waals surface area contributed by atoms with Crippen LogP contribution in [-0.4, -0.2) is 18.0 Å². The Morgan fingerprint density at radius 1 is 1.27 bits per heavy atom. The quantitative estimate of drug-likeness (QED) is 0.681. The highest BCUT2D eigenvalue weighted by Gasteiger charge is 2.18. The van der Waals surface area contributed by atoms with Crippen LogP contribution in [0, 0.1) is 5.92 Å². The van der Waals surface area contributed by atoms with E-state index in [2.05, 4.69) is 19.2 Å². The molecule has 0 aromatic heterocycles. The van der Waals surface area contributed by atoms with E-state index >= 15 is 0 Å². The molecule has 0 aromatic carbocycles. The van der Waals surface area contributed by atoms with Crippen molar-refractivity contribution in [2.45, 2.75) is 58.9 Å². The number of carbonyl (C=O) groups is 1. The maximum absolute atomic E-state index is 11.8. The SMILES string of the molecule is CCCC(CCC)C(=O)NCC(C)(C)N. The van der Waals surface area contributed by atoms with E-state index in [-0.39, 0.29) is 17.4 Å². The van der Waals surface area contributed by atoms with E-state index in [4.69, 9.17) is 5.73 Å². The fourth-order valence-electron chi connectivity index (χ4n) is 1.56. The molecule has 15 heavy (non-hydrogen) atoms. The number of nitrogens with two attached hydrogens (primary N) is 1. The lowest BCUT2D eigenvalue weighted by Crippen LogP contribution is -2.46. The topological polar surface area (TPSA) is 55.1 Å². The normalized spacial score (nSPS) is 11.9. The summed E-state index contributed by atoms with van der Waals surface area (Å²) in [5.41, 5.74) is 5.50. The zero-order valence-electron chi connectivity index (χ0n) is 10.6. The van der Waals surface area contributed by atoms with Gasteiger partial charge in [0.1, 0.15) is 0 Å². The van der Waals surface area contributed by atoms with Gasteiger partial charge in [0.15, 0.2) is 0 Å². The van der Waals surface area contributed by atoms with Crippen molar-refractivity contribution in [3.05, 3.63) is 0 Å². The summed E-state index contributed by atoms with van der Waals surface area (Å²) in [4.78, 5) is 11.8. The van der Waals surface area contributed by atoms with Crippen molar-refractivity contribution >= 4 is 5.91 Å². The van der Waals surface area contributed by atoms with E-state index in [9.17, 15) is 4.79 Å². The third-order valence-corrected chi connectivity index (χ3v) is 2.36. The molecule has 1 amide bonds. The van der Waals surface area contributed by atoms with Gasteiger partial charge in [-0.05, 0) is 26.7 Å². The molecule has 90 valence electrons. The molecule has 0 bridgehead atoms. The van der Waals surface area contributed by atoms with Gasteiger partial charge < -0.3 is 11.1 Å². The smallest absolute Gasteiger partial charge is 0.223 e. The van der Waals surface area contributed by atoms with Crippen LogP contribution in [0.3, 0.4) is 0 Å². The summed E-state index contributed by atoms with van der Waals surface area (Å²) in [5.74, 6) is 0.333. The molecule has 0 saturated carbocycles. The third-order valence-electron chi connectivity index (χ3n) is 2.36. The van der Waals surface area contributed by atoms with E-state index < -0.39 is 0 Å². The summed E-state index contributed by atoms with van der Waals surface area (Å²) in [6.07, 6.45) is 4.07. The lowest BCUT2D eigenvalue weighted by atomic mass is 9.97. The Morgan fingerprint density at radius 3 is 2.07 bits per heavy atom. The van der Waals surface area contributed by atoms with Crippen LogP contribution in [0.15, 0.2) is 0 Å². The van der Waals surface area contributed by atoms with Crippen LogP contribution in [0.2, 0.25) is 0 Å². The van der Waals surface area contributed by atoms with E-state index in [1.54, 1.807) is 0 Å². The molecule has 0 saturated heterocycles. The molecule has 0 unspecified atom stereocenters. The van der Waals surface area contributed by atoms with Crippen LogP contribution in [-0.2, 0) is 4.79 Å². The van der Waals surface area contributed by atoms with Gasteiger partial charge in [0, 0.05) is 18.0 Å². The first-order chi connectivity index (χ1) is 6.90. The number of hydrogen-bond donors (Lipinski definition) is 2. The van der Waals surface area contributed by atoms with Crippen molar-refractivity contribution in [1.82, 2.24) is 5.32 Å². The fraction of sp³-hybridized carbons (Fsp3) is 0.917. The predicted octanol–water partition coefficient (Wildman–Crippen LogP) is 2.06. The summed E-state index contributed by atoms with van der Waals surface area (Å²) in [6, 6.07) is 0. The summed E-state index contributed by atoms with van der Waals surface area (Å²) >= 11 is 0. The Kier molecular flexibility index (Phi) is 6.57. The van der Waals surface area contributed by atoms with Crippen molar-refractivity contribution in [1.29, 1.82) is 0 Å². The third kappa shape index (κ3) is 7.37. The van der Waals surface area contributed by atoms with Crippen molar-refractivity contribution in [3.8, 4) is 0 Å². The molecule has 0 aromatic rings. The Morgan fingerprint density at radius 2 is 1.73 bits per heavy atom. The highest BCUT2D eigenvalue weighted by molar-refractivity contribution is 5.78. The highest BCUT2D eigenvalue weighted by Crippen LogP contribution is 2.13. The van der Waals surface area contributed by atoms with Gasteiger partial charge in [-0.2, -0.15) is 0 Å². The van der Waals surface area contributed by atoms with Gasteiger partial charge in [0.2, 0.25) is 5.91 Å². The van der Waals surface area contributed by atoms with Crippen molar-refractivity contribution in [2.75, 3.05) is 6.54 Å². The first kappa shape index (κ1) is 14.4. The molecule has 0 aliphatic rings. The second-order valence-corrected chi connectivity index (χ2v) is 4.98. The van der Waals surface area contributed by atoms with Crippen LogP contribution >= 0.6 is 0 Å². The van der Waals surface area contributed by atoms with E-state index in [1.165, 1.54) is 0 Å². The van der Waals surface area contributed by atoms with Gasteiger partial charge in [-0.25, -0.2) is 0 Å². The van der Waals surface area contributed by atoms with Gasteiger partial charge in [-0.1, -0.05) is 26.7 Å². The largest absolute Gasteiger partial charge is 0.354 e. The van der Waals surface area contributed by atoms with Crippen molar-refractivity contribution in [3.63, 3.8) is 0 Å². The predicted molar refractivity (Wildman–Crippen MR) is 64.6 cm³/mol. The molecule has 0 atom stereocenters. The zero-order valence-corrected chi connectivity index (χ0v) is 10.6. The van der Waals surface area contributed by atoms with E-state index in [0.717, 1.165) is 25.7 Å². The zero-order chi connectivity index (χ0) is 11.9. The first-order valence-electron chi connectivity index (χ1n) is 5.97. The molecular formula is C12H26N2O. The Hall–Kier alpha value is -0.570. The molecule has 3 N–H and O–H groups in total. The monoisotopic (exact) mass is 214 g/mol. The number of rotatable bonds is 7. The Balaban J connectivity index is 4.02. The molecule has 3 heteroatoms. The number of carbonyl (C=O) groups excluding carboxylic acids is 1. The lowest BCUT2D eigenvalue weighted by Gasteiger charge is -2.21. The van der Waals surface area contributed by atoms with E-state index in [1.807, 2.05) is 13.8 Å². The molecular weight excluding hydrogens is 188 g/mol. The average Bonchev–Trinajstić information content (AvgIpc) is 2.13. The maximum atomic E-state index is 11.8. The molecule has 0 rings (SSSR count). The standard InChI is InChI=1S/C12H26N2O/c1-5-7-10(8-6-2)11(15)14-9-12(3,4)13/h10H,5-9,13H2,1-4H3,(H,14,15). The second kappa shape index (κ2) is 6.83. The van der Waals surface area contributed by atoms with Crippen LogP contribution < -0.4 is 11.1 Å². The highest BCUT2D eigenvalue weighted by atomic mass is 16.1. The Labute approximate surface area is 93.8 Å². The molecule has 0 spiro atoms. The second-order valence-electron chi connectivity index (χ2n) is 4.98. The number of amides is 1. The number of hydrogen-bond acceptors (Lipinski definition) is 2. The van der Waals surface area contributed by atoms with Crippen LogP contribution in [0.25, 0.3) is 0 Å². The summed E-state index contributed by atoms with van der Waals surface area (Å²) in [5, 5.41) is 2.93. The summed E-state index contributed by atoms with van der Waals surface area (Å²) in [7, 11) is 0. The van der Waals surface area contributed by atoms with Crippen molar-refractivity contribution < 1.29 is 4.79 Å². The van der Waals surface area contributed by atoms with Gasteiger partial charge in [-0.15, -0.1) is 0 Å². The molecule has 0 radical (unpaired) electrons. The molecule has 0 fully saturated rings. The van der Waals surface area contributed by atoms with E-state index in [0.29, 0.717) is 6.54 Å². The summed E-state index contributed by atoms with van der Waals surface area (Å²) < 4.78 is 0. The number of nitrogens with one attached hydrogen (secondary N) is 1.